The fraction of sp³-hybridized carbons (Fsp3) is 0.263. The number of methoxy groups -OCH3 is 2. The van der Waals surface area contributed by atoms with Crippen LogP contribution in [0.25, 0.3) is 10.8 Å². The number of ether oxygens (including phenoxy) is 3. The Morgan fingerprint density at radius 3 is 2.62 bits per heavy atom. The Morgan fingerprint density at radius 2 is 1.88 bits per heavy atom. The molecule has 134 valence electrons. The minimum atomic E-state index is -0.268. The molecule has 0 atom stereocenters. The lowest BCUT2D eigenvalue weighted by atomic mass is 10.1. The SMILES string of the molecule is COc1cc2ccc(NC(=O)c3cc4n(n3)CCCO4)cc2cc1OC. The molecule has 26 heavy (non-hydrogen) atoms. The number of nitrogens with zero attached hydrogens (tertiary/aromatic N) is 2. The summed E-state index contributed by atoms with van der Waals surface area (Å²) in [5.74, 6) is 1.68. The van der Waals surface area contributed by atoms with E-state index in [1.165, 1.54) is 0 Å². The van der Waals surface area contributed by atoms with Crippen molar-refractivity contribution in [1.29, 1.82) is 0 Å². The molecule has 7 heteroatoms. The van der Waals surface area contributed by atoms with E-state index in [2.05, 4.69) is 10.4 Å². The lowest BCUT2D eigenvalue weighted by molar-refractivity contribution is 0.102. The molecule has 0 fully saturated rings. The van der Waals surface area contributed by atoms with Crippen LogP contribution in [0.3, 0.4) is 0 Å². The van der Waals surface area contributed by atoms with Gasteiger partial charge in [0.1, 0.15) is 0 Å². The highest BCUT2D eigenvalue weighted by molar-refractivity contribution is 6.04. The van der Waals surface area contributed by atoms with Gasteiger partial charge in [-0.05, 0) is 35.0 Å². The second kappa shape index (κ2) is 6.59. The average molecular weight is 353 g/mol. The van der Waals surface area contributed by atoms with Crippen LogP contribution in [0, 0.1) is 0 Å². The summed E-state index contributed by atoms with van der Waals surface area (Å²) in [5, 5.41) is 9.12. The van der Waals surface area contributed by atoms with Crippen molar-refractivity contribution in [3.8, 4) is 17.4 Å². The smallest absolute Gasteiger partial charge is 0.276 e. The van der Waals surface area contributed by atoms with E-state index in [1.54, 1.807) is 25.0 Å². The lowest BCUT2D eigenvalue weighted by Crippen LogP contribution is -2.16. The van der Waals surface area contributed by atoms with Gasteiger partial charge in [-0.2, -0.15) is 5.10 Å². The zero-order valence-electron chi connectivity index (χ0n) is 14.6. The zero-order chi connectivity index (χ0) is 18.1. The fourth-order valence-electron chi connectivity index (χ4n) is 3.03. The zero-order valence-corrected chi connectivity index (χ0v) is 14.6. The van der Waals surface area contributed by atoms with Gasteiger partial charge >= 0.3 is 0 Å². The monoisotopic (exact) mass is 353 g/mol. The normalized spacial score (nSPS) is 13.0. The van der Waals surface area contributed by atoms with Gasteiger partial charge < -0.3 is 19.5 Å². The molecule has 0 saturated carbocycles. The summed E-state index contributed by atoms with van der Waals surface area (Å²) in [6.45, 7) is 1.42. The third-order valence-corrected chi connectivity index (χ3v) is 4.34. The summed E-state index contributed by atoms with van der Waals surface area (Å²) in [7, 11) is 3.20. The lowest BCUT2D eigenvalue weighted by Gasteiger charge is -2.13. The third kappa shape index (κ3) is 2.92. The Labute approximate surface area is 150 Å². The maximum absolute atomic E-state index is 12.5. The van der Waals surface area contributed by atoms with Crippen LogP contribution in [0.15, 0.2) is 36.4 Å². The van der Waals surface area contributed by atoms with Gasteiger partial charge in [-0.15, -0.1) is 0 Å². The Kier molecular flexibility index (Phi) is 4.12. The number of rotatable bonds is 4. The van der Waals surface area contributed by atoms with Crippen molar-refractivity contribution in [3.63, 3.8) is 0 Å². The average Bonchev–Trinajstić information content (AvgIpc) is 3.11. The first-order chi connectivity index (χ1) is 12.7. The molecule has 0 unspecified atom stereocenters. The number of carbonyl (C=O) groups is 1. The summed E-state index contributed by atoms with van der Waals surface area (Å²) < 4.78 is 17.9. The Hall–Kier alpha value is -3.22. The first kappa shape index (κ1) is 16.3. The predicted octanol–water partition coefficient (Wildman–Crippen LogP) is 3.09. The molecule has 0 radical (unpaired) electrons. The number of aromatic nitrogens is 2. The number of amides is 1. The van der Waals surface area contributed by atoms with E-state index in [1.807, 2.05) is 30.3 Å². The van der Waals surface area contributed by atoms with Gasteiger partial charge in [-0.25, -0.2) is 4.68 Å². The predicted molar refractivity (Wildman–Crippen MR) is 97.3 cm³/mol. The highest BCUT2D eigenvalue weighted by atomic mass is 16.5. The summed E-state index contributed by atoms with van der Waals surface area (Å²) in [6, 6.07) is 11.1. The summed E-state index contributed by atoms with van der Waals surface area (Å²) in [4.78, 5) is 12.5. The largest absolute Gasteiger partial charge is 0.493 e. The molecule has 0 bridgehead atoms. The molecule has 1 aliphatic heterocycles. The highest BCUT2D eigenvalue weighted by Crippen LogP contribution is 2.33. The number of anilines is 1. The Balaban J connectivity index is 1.60. The second-order valence-corrected chi connectivity index (χ2v) is 6.02. The van der Waals surface area contributed by atoms with E-state index < -0.39 is 0 Å². The van der Waals surface area contributed by atoms with E-state index >= 15 is 0 Å². The maximum atomic E-state index is 12.5. The van der Waals surface area contributed by atoms with E-state index in [-0.39, 0.29) is 5.91 Å². The quantitative estimate of drug-likeness (QED) is 0.780. The van der Waals surface area contributed by atoms with Gasteiger partial charge in [0.15, 0.2) is 17.2 Å². The molecule has 1 aromatic heterocycles. The van der Waals surface area contributed by atoms with Crippen LogP contribution >= 0.6 is 0 Å². The highest BCUT2D eigenvalue weighted by Gasteiger charge is 2.18. The fourth-order valence-corrected chi connectivity index (χ4v) is 3.03. The van der Waals surface area contributed by atoms with Crippen LogP contribution in [0.4, 0.5) is 5.69 Å². The van der Waals surface area contributed by atoms with E-state index in [0.717, 1.165) is 23.7 Å². The number of aryl methyl sites for hydroxylation is 1. The Morgan fingerprint density at radius 1 is 1.12 bits per heavy atom. The van der Waals surface area contributed by atoms with Crippen molar-refractivity contribution in [2.75, 3.05) is 26.1 Å². The van der Waals surface area contributed by atoms with Crippen molar-refractivity contribution in [2.24, 2.45) is 0 Å². The van der Waals surface area contributed by atoms with Crippen LogP contribution in [-0.4, -0.2) is 36.5 Å². The van der Waals surface area contributed by atoms with Gasteiger partial charge in [-0.1, -0.05) is 6.07 Å². The van der Waals surface area contributed by atoms with Crippen LogP contribution < -0.4 is 19.5 Å². The molecule has 4 rings (SSSR count). The van der Waals surface area contributed by atoms with Crippen molar-refractivity contribution in [3.05, 3.63) is 42.1 Å². The summed E-state index contributed by atoms with van der Waals surface area (Å²) in [6.07, 6.45) is 0.895. The van der Waals surface area contributed by atoms with Crippen LogP contribution in [0.2, 0.25) is 0 Å². The van der Waals surface area contributed by atoms with Gasteiger partial charge in [0.2, 0.25) is 5.88 Å². The van der Waals surface area contributed by atoms with Crippen molar-refractivity contribution in [1.82, 2.24) is 9.78 Å². The number of carbonyl (C=O) groups excluding carboxylic acids is 1. The standard InChI is InChI=1S/C19H19N3O4/c1-24-16-9-12-4-5-14(8-13(12)10-17(16)25-2)20-19(23)15-11-18-22(21-15)6-3-7-26-18/h4-5,8-11H,3,6-7H2,1-2H3,(H,20,23). The van der Waals surface area contributed by atoms with Crippen molar-refractivity contribution in [2.45, 2.75) is 13.0 Å². The van der Waals surface area contributed by atoms with Crippen molar-refractivity contribution >= 4 is 22.4 Å². The molecule has 2 aromatic carbocycles. The first-order valence-electron chi connectivity index (χ1n) is 8.36. The molecule has 1 amide bonds. The molecule has 0 aliphatic carbocycles. The van der Waals surface area contributed by atoms with E-state index in [4.69, 9.17) is 14.2 Å². The maximum Gasteiger partial charge on any atom is 0.276 e. The molecule has 2 heterocycles. The number of hydrogen-bond acceptors (Lipinski definition) is 5. The summed E-state index contributed by atoms with van der Waals surface area (Å²) >= 11 is 0. The van der Waals surface area contributed by atoms with E-state index in [9.17, 15) is 4.79 Å². The number of fused-ring (bicyclic) bond motifs is 2. The number of nitrogens with one attached hydrogen (secondary N) is 1. The molecular formula is C19H19N3O4. The second-order valence-electron chi connectivity index (χ2n) is 6.02. The molecule has 3 aromatic rings. The number of hydrogen-bond donors (Lipinski definition) is 1. The van der Waals surface area contributed by atoms with Gasteiger partial charge in [0.25, 0.3) is 5.91 Å². The molecule has 0 spiro atoms. The van der Waals surface area contributed by atoms with Crippen LogP contribution in [0.1, 0.15) is 16.9 Å². The minimum Gasteiger partial charge on any atom is -0.493 e. The molecular weight excluding hydrogens is 334 g/mol. The molecule has 0 saturated heterocycles. The van der Waals surface area contributed by atoms with Gasteiger partial charge in [0.05, 0.1) is 20.8 Å². The van der Waals surface area contributed by atoms with Gasteiger partial charge in [0, 0.05) is 24.7 Å². The van der Waals surface area contributed by atoms with Gasteiger partial charge in [-0.3, -0.25) is 4.79 Å². The van der Waals surface area contributed by atoms with Crippen molar-refractivity contribution < 1.29 is 19.0 Å². The minimum absolute atomic E-state index is 0.268. The first-order valence-corrected chi connectivity index (χ1v) is 8.36. The molecule has 1 aliphatic rings. The number of benzene rings is 2. The topological polar surface area (TPSA) is 74.6 Å². The van der Waals surface area contributed by atoms with Crippen LogP contribution in [-0.2, 0) is 6.54 Å². The summed E-state index contributed by atoms with van der Waals surface area (Å²) in [5.41, 5.74) is 1.02. The molecule has 1 N–H and O–H groups in total. The van der Waals surface area contributed by atoms with E-state index in [0.29, 0.717) is 35.4 Å². The Bertz CT molecular complexity index is 957. The molecule has 7 nitrogen and oxygen atoms in total. The van der Waals surface area contributed by atoms with Crippen LogP contribution in [0.5, 0.6) is 17.4 Å². The third-order valence-electron chi connectivity index (χ3n) is 4.34.